The largest absolute Gasteiger partial charge is 0.497 e. The van der Waals surface area contributed by atoms with Crippen LogP contribution in [0.3, 0.4) is 0 Å². The minimum Gasteiger partial charge on any atom is -0.497 e. The van der Waals surface area contributed by atoms with Crippen molar-refractivity contribution in [2.24, 2.45) is 5.73 Å². The molecule has 2 heterocycles. The standard InChI is InChI=1S/C15H15N5O3/c1-21-7-3-4-8(10(5-7)22-2)11-9(6-16)14(18)23-15-12(11)13(17)19-20-15/h3-5,11H,18H2,1-2H3,(H3,17,19,20). The molecule has 23 heavy (non-hydrogen) atoms. The van der Waals surface area contributed by atoms with E-state index >= 15 is 0 Å². The zero-order chi connectivity index (χ0) is 16.6. The highest BCUT2D eigenvalue weighted by Gasteiger charge is 2.36. The molecule has 0 radical (unpaired) electrons. The van der Waals surface area contributed by atoms with Crippen molar-refractivity contribution < 1.29 is 14.2 Å². The molecule has 5 N–H and O–H groups in total. The Morgan fingerprint density at radius 3 is 2.74 bits per heavy atom. The van der Waals surface area contributed by atoms with Gasteiger partial charge < -0.3 is 25.7 Å². The Balaban J connectivity index is 2.25. The smallest absolute Gasteiger partial charge is 0.246 e. The average Bonchev–Trinajstić information content (AvgIpc) is 2.93. The van der Waals surface area contributed by atoms with Gasteiger partial charge in [-0.15, -0.1) is 5.10 Å². The SMILES string of the molecule is COc1ccc(C2C(C#N)=C(N)Oc3n[nH]c(N)c32)c(OC)c1. The summed E-state index contributed by atoms with van der Waals surface area (Å²) >= 11 is 0. The van der Waals surface area contributed by atoms with Crippen molar-refractivity contribution in [3.05, 3.63) is 40.8 Å². The molecule has 1 atom stereocenters. The van der Waals surface area contributed by atoms with Crippen LogP contribution in [0.5, 0.6) is 17.4 Å². The Hall–Kier alpha value is -3.34. The van der Waals surface area contributed by atoms with E-state index in [0.29, 0.717) is 28.4 Å². The van der Waals surface area contributed by atoms with Crippen molar-refractivity contribution in [3.8, 4) is 23.4 Å². The number of H-pyrrole nitrogens is 1. The Morgan fingerprint density at radius 2 is 2.09 bits per heavy atom. The molecule has 118 valence electrons. The van der Waals surface area contributed by atoms with Crippen LogP contribution in [0.1, 0.15) is 17.0 Å². The van der Waals surface area contributed by atoms with Crippen molar-refractivity contribution in [1.29, 1.82) is 5.26 Å². The fraction of sp³-hybridized carbons (Fsp3) is 0.200. The Labute approximate surface area is 132 Å². The molecule has 8 nitrogen and oxygen atoms in total. The number of nitrogens with two attached hydrogens (primary N) is 2. The average molecular weight is 313 g/mol. The first-order valence-electron chi connectivity index (χ1n) is 6.74. The third-order valence-electron chi connectivity index (χ3n) is 3.72. The maximum atomic E-state index is 9.51. The van der Waals surface area contributed by atoms with E-state index in [1.807, 2.05) is 0 Å². The van der Waals surface area contributed by atoms with Crippen molar-refractivity contribution in [2.45, 2.75) is 5.92 Å². The molecule has 3 rings (SSSR count). The number of anilines is 1. The fourth-order valence-corrected chi connectivity index (χ4v) is 2.64. The maximum Gasteiger partial charge on any atom is 0.246 e. The second-order valence-electron chi connectivity index (χ2n) is 4.89. The molecule has 0 aliphatic carbocycles. The van der Waals surface area contributed by atoms with Gasteiger partial charge in [-0.2, -0.15) is 5.26 Å². The molecule has 1 aliphatic rings. The first-order valence-corrected chi connectivity index (χ1v) is 6.74. The van der Waals surface area contributed by atoms with Crippen LogP contribution < -0.4 is 25.7 Å². The van der Waals surface area contributed by atoms with E-state index in [-0.39, 0.29) is 17.3 Å². The minimum atomic E-state index is -0.539. The van der Waals surface area contributed by atoms with Gasteiger partial charge in [0.2, 0.25) is 11.8 Å². The van der Waals surface area contributed by atoms with Gasteiger partial charge in [-0.05, 0) is 6.07 Å². The van der Waals surface area contributed by atoms with Crippen LogP contribution in [0.2, 0.25) is 0 Å². The van der Waals surface area contributed by atoms with E-state index < -0.39 is 5.92 Å². The summed E-state index contributed by atoms with van der Waals surface area (Å²) in [6.07, 6.45) is 0. The maximum absolute atomic E-state index is 9.51. The van der Waals surface area contributed by atoms with Gasteiger partial charge in [-0.25, -0.2) is 0 Å². The Kier molecular flexibility index (Phi) is 3.46. The third-order valence-corrected chi connectivity index (χ3v) is 3.72. The van der Waals surface area contributed by atoms with Crippen LogP contribution in [-0.2, 0) is 0 Å². The number of benzene rings is 1. The van der Waals surface area contributed by atoms with Crippen molar-refractivity contribution in [2.75, 3.05) is 20.0 Å². The van der Waals surface area contributed by atoms with Crippen LogP contribution in [0.4, 0.5) is 5.82 Å². The number of fused-ring (bicyclic) bond motifs is 1. The van der Waals surface area contributed by atoms with Crippen LogP contribution in [0, 0.1) is 11.3 Å². The van der Waals surface area contributed by atoms with E-state index in [1.165, 1.54) is 7.11 Å². The van der Waals surface area contributed by atoms with E-state index in [2.05, 4.69) is 16.3 Å². The lowest BCUT2D eigenvalue weighted by molar-refractivity contribution is 0.373. The number of nitriles is 1. The molecule has 0 saturated carbocycles. The molecule has 1 aromatic heterocycles. The lowest BCUT2D eigenvalue weighted by atomic mass is 9.84. The number of aromatic nitrogens is 2. The lowest BCUT2D eigenvalue weighted by Crippen LogP contribution is -2.21. The first kappa shape index (κ1) is 14.6. The van der Waals surface area contributed by atoms with Gasteiger partial charge in [0.15, 0.2) is 0 Å². The molecule has 0 amide bonds. The van der Waals surface area contributed by atoms with Gasteiger partial charge in [0, 0.05) is 11.6 Å². The molecule has 0 bridgehead atoms. The predicted molar refractivity (Wildman–Crippen MR) is 81.8 cm³/mol. The Morgan fingerprint density at radius 1 is 1.30 bits per heavy atom. The summed E-state index contributed by atoms with van der Waals surface area (Å²) in [5.41, 5.74) is 13.3. The number of hydrogen-bond donors (Lipinski definition) is 3. The summed E-state index contributed by atoms with van der Waals surface area (Å²) in [6, 6.07) is 7.39. The molecular weight excluding hydrogens is 298 g/mol. The van der Waals surface area contributed by atoms with Gasteiger partial charge in [-0.1, -0.05) is 6.07 Å². The number of ether oxygens (including phenoxy) is 3. The highest BCUT2D eigenvalue weighted by atomic mass is 16.5. The monoisotopic (exact) mass is 313 g/mol. The summed E-state index contributed by atoms with van der Waals surface area (Å²) < 4.78 is 16.0. The summed E-state index contributed by atoms with van der Waals surface area (Å²) in [5, 5.41) is 16.1. The quantitative estimate of drug-likeness (QED) is 0.776. The molecule has 0 spiro atoms. The zero-order valence-corrected chi connectivity index (χ0v) is 12.6. The minimum absolute atomic E-state index is 0.00521. The molecule has 0 fully saturated rings. The normalized spacial score (nSPS) is 16.3. The number of nitrogen functional groups attached to an aromatic ring is 1. The van der Waals surface area contributed by atoms with Crippen LogP contribution in [0.15, 0.2) is 29.7 Å². The molecule has 8 heteroatoms. The van der Waals surface area contributed by atoms with Gasteiger partial charge in [-0.3, -0.25) is 5.10 Å². The number of methoxy groups -OCH3 is 2. The predicted octanol–water partition coefficient (Wildman–Crippen LogP) is 1.23. The number of hydrogen-bond acceptors (Lipinski definition) is 7. The second kappa shape index (κ2) is 5.46. The van der Waals surface area contributed by atoms with Crippen molar-refractivity contribution >= 4 is 5.82 Å². The van der Waals surface area contributed by atoms with Gasteiger partial charge in [0.25, 0.3) is 0 Å². The van der Waals surface area contributed by atoms with E-state index in [0.717, 1.165) is 0 Å². The molecule has 1 aliphatic heterocycles. The summed E-state index contributed by atoms with van der Waals surface area (Å²) in [5.74, 6) is 1.19. The number of nitrogens with zero attached hydrogens (tertiary/aromatic N) is 2. The number of allylic oxidation sites excluding steroid dienone is 1. The van der Waals surface area contributed by atoms with Crippen LogP contribution in [-0.4, -0.2) is 24.4 Å². The summed E-state index contributed by atoms with van der Waals surface area (Å²) in [6.45, 7) is 0. The number of aromatic amines is 1. The lowest BCUT2D eigenvalue weighted by Gasteiger charge is -2.24. The summed E-state index contributed by atoms with van der Waals surface area (Å²) in [7, 11) is 3.10. The highest BCUT2D eigenvalue weighted by Crippen LogP contribution is 2.46. The highest BCUT2D eigenvalue weighted by molar-refractivity contribution is 5.63. The van der Waals surface area contributed by atoms with Crippen LogP contribution >= 0.6 is 0 Å². The molecule has 1 aromatic carbocycles. The zero-order valence-electron chi connectivity index (χ0n) is 12.6. The number of nitrogens with one attached hydrogen (secondary N) is 1. The molecule has 2 aromatic rings. The van der Waals surface area contributed by atoms with E-state index in [4.69, 9.17) is 25.7 Å². The summed E-state index contributed by atoms with van der Waals surface area (Å²) in [4.78, 5) is 0. The van der Waals surface area contributed by atoms with E-state index in [9.17, 15) is 5.26 Å². The Bertz CT molecular complexity index is 834. The fourth-order valence-electron chi connectivity index (χ4n) is 2.64. The topological polar surface area (TPSA) is 132 Å². The van der Waals surface area contributed by atoms with Gasteiger partial charge >= 0.3 is 0 Å². The van der Waals surface area contributed by atoms with E-state index in [1.54, 1.807) is 25.3 Å². The second-order valence-corrected chi connectivity index (χ2v) is 4.89. The van der Waals surface area contributed by atoms with Gasteiger partial charge in [0.05, 0.1) is 25.7 Å². The number of rotatable bonds is 3. The van der Waals surface area contributed by atoms with Crippen molar-refractivity contribution in [3.63, 3.8) is 0 Å². The molecular formula is C15H15N5O3. The molecule has 0 saturated heterocycles. The first-order chi connectivity index (χ1) is 11.1. The molecule has 1 unspecified atom stereocenters. The van der Waals surface area contributed by atoms with Gasteiger partial charge in [0.1, 0.15) is 29.0 Å². The van der Waals surface area contributed by atoms with Crippen molar-refractivity contribution in [1.82, 2.24) is 10.2 Å². The van der Waals surface area contributed by atoms with Crippen LogP contribution in [0.25, 0.3) is 0 Å². The third kappa shape index (κ3) is 2.19.